The standard InChI is InChI=1S/C26H20N2O/c1-3-7-20(8-4-1)22-11-13-24(14-12-22)26-27-19-28(29-26)25-17-15-23(16-18-25)21-9-5-2-6-10-21/h1-19,26H. The maximum Gasteiger partial charge on any atom is 0.202 e. The van der Waals surface area contributed by atoms with Crippen LogP contribution in [-0.4, -0.2) is 6.34 Å². The Morgan fingerprint density at radius 2 is 1.03 bits per heavy atom. The fourth-order valence-electron chi connectivity index (χ4n) is 3.46. The van der Waals surface area contributed by atoms with Crippen LogP contribution in [0.3, 0.4) is 0 Å². The van der Waals surface area contributed by atoms with Crippen LogP contribution < -0.4 is 5.06 Å². The highest BCUT2D eigenvalue weighted by Gasteiger charge is 2.21. The zero-order chi connectivity index (χ0) is 19.5. The van der Waals surface area contributed by atoms with Crippen LogP contribution >= 0.6 is 0 Å². The highest BCUT2D eigenvalue weighted by atomic mass is 16.7. The summed E-state index contributed by atoms with van der Waals surface area (Å²) in [6.07, 6.45) is 1.42. The first-order valence-electron chi connectivity index (χ1n) is 9.67. The molecule has 5 rings (SSSR count). The van der Waals surface area contributed by atoms with Crippen molar-refractivity contribution >= 4 is 12.0 Å². The maximum absolute atomic E-state index is 6.04. The Morgan fingerprint density at radius 1 is 0.552 bits per heavy atom. The van der Waals surface area contributed by atoms with Crippen molar-refractivity contribution in [1.29, 1.82) is 0 Å². The Balaban J connectivity index is 1.29. The summed E-state index contributed by atoms with van der Waals surface area (Å²) in [6, 6.07) is 37.4. The topological polar surface area (TPSA) is 24.8 Å². The SMILES string of the molecule is C1=NC(c2ccc(-c3ccccc3)cc2)ON1c1ccc(-c2ccccc2)cc1. The zero-order valence-corrected chi connectivity index (χ0v) is 15.8. The van der Waals surface area contributed by atoms with Crippen LogP contribution in [-0.2, 0) is 4.84 Å². The molecule has 0 saturated carbocycles. The lowest BCUT2D eigenvalue weighted by Gasteiger charge is -2.17. The van der Waals surface area contributed by atoms with Gasteiger partial charge in [-0.2, -0.15) is 0 Å². The monoisotopic (exact) mass is 376 g/mol. The van der Waals surface area contributed by atoms with Gasteiger partial charge >= 0.3 is 0 Å². The molecule has 0 fully saturated rings. The van der Waals surface area contributed by atoms with Crippen LogP contribution in [0.25, 0.3) is 22.3 Å². The average molecular weight is 376 g/mol. The predicted molar refractivity (Wildman–Crippen MR) is 119 cm³/mol. The van der Waals surface area contributed by atoms with E-state index in [1.165, 1.54) is 22.3 Å². The van der Waals surface area contributed by atoms with Gasteiger partial charge in [-0.15, -0.1) is 0 Å². The predicted octanol–water partition coefficient (Wildman–Crippen LogP) is 6.50. The van der Waals surface area contributed by atoms with E-state index in [9.17, 15) is 0 Å². The minimum atomic E-state index is -0.325. The van der Waals surface area contributed by atoms with Crippen molar-refractivity contribution in [3.05, 3.63) is 115 Å². The second-order valence-electron chi connectivity index (χ2n) is 6.95. The van der Waals surface area contributed by atoms with Crippen molar-refractivity contribution < 1.29 is 4.84 Å². The Bertz CT molecular complexity index is 1010. The van der Waals surface area contributed by atoms with Crippen LogP contribution in [0.2, 0.25) is 0 Å². The summed E-state index contributed by atoms with van der Waals surface area (Å²) in [6.45, 7) is 0. The molecule has 0 spiro atoms. The van der Waals surface area contributed by atoms with Gasteiger partial charge in [-0.25, -0.2) is 14.9 Å². The van der Waals surface area contributed by atoms with E-state index in [0.717, 1.165) is 11.3 Å². The molecule has 0 radical (unpaired) electrons. The van der Waals surface area contributed by atoms with E-state index < -0.39 is 0 Å². The van der Waals surface area contributed by atoms with Gasteiger partial charge < -0.3 is 0 Å². The maximum atomic E-state index is 6.04. The summed E-state index contributed by atoms with van der Waals surface area (Å²) in [5.41, 5.74) is 6.76. The fourth-order valence-corrected chi connectivity index (χ4v) is 3.46. The van der Waals surface area contributed by atoms with E-state index in [1.54, 1.807) is 11.4 Å². The highest BCUT2D eigenvalue weighted by Crippen LogP contribution is 2.30. The van der Waals surface area contributed by atoms with Gasteiger partial charge in [0, 0.05) is 5.56 Å². The second-order valence-corrected chi connectivity index (χ2v) is 6.95. The number of anilines is 1. The summed E-state index contributed by atoms with van der Waals surface area (Å²) in [7, 11) is 0. The van der Waals surface area contributed by atoms with Gasteiger partial charge in [0.05, 0.1) is 5.69 Å². The molecule has 3 nitrogen and oxygen atoms in total. The molecule has 140 valence electrons. The first-order chi connectivity index (χ1) is 14.4. The van der Waals surface area contributed by atoms with Crippen LogP contribution in [0.5, 0.6) is 0 Å². The molecule has 29 heavy (non-hydrogen) atoms. The number of hydrogen-bond acceptors (Lipinski definition) is 3. The number of rotatable bonds is 4. The molecule has 0 aliphatic carbocycles. The second kappa shape index (κ2) is 7.74. The third-order valence-electron chi connectivity index (χ3n) is 5.05. The van der Waals surface area contributed by atoms with Crippen LogP contribution in [0.1, 0.15) is 11.8 Å². The van der Waals surface area contributed by atoms with E-state index in [-0.39, 0.29) is 6.23 Å². The first-order valence-corrected chi connectivity index (χ1v) is 9.67. The summed E-state index contributed by atoms with van der Waals surface area (Å²) in [5, 5.41) is 1.73. The lowest BCUT2D eigenvalue weighted by molar-refractivity contribution is 0.0876. The third kappa shape index (κ3) is 3.68. The summed E-state index contributed by atoms with van der Waals surface area (Å²) < 4.78 is 0. The van der Waals surface area contributed by atoms with Crippen LogP contribution in [0.4, 0.5) is 5.69 Å². The first kappa shape index (κ1) is 17.4. The quantitative estimate of drug-likeness (QED) is 0.406. The van der Waals surface area contributed by atoms with Crippen molar-refractivity contribution in [2.45, 2.75) is 6.23 Å². The normalized spacial score (nSPS) is 15.6. The molecular weight excluding hydrogens is 356 g/mol. The van der Waals surface area contributed by atoms with Gasteiger partial charge in [0.15, 0.2) is 0 Å². The summed E-state index contributed by atoms with van der Waals surface area (Å²) in [4.78, 5) is 10.6. The number of benzene rings is 4. The molecule has 1 aliphatic heterocycles. The van der Waals surface area contributed by atoms with Crippen molar-refractivity contribution in [2.24, 2.45) is 4.99 Å². The molecule has 0 N–H and O–H groups in total. The van der Waals surface area contributed by atoms with Crippen molar-refractivity contribution in [3.63, 3.8) is 0 Å². The van der Waals surface area contributed by atoms with E-state index in [2.05, 4.69) is 89.9 Å². The van der Waals surface area contributed by atoms with Gasteiger partial charge in [0.1, 0.15) is 6.34 Å². The van der Waals surface area contributed by atoms with E-state index in [4.69, 9.17) is 4.84 Å². The molecule has 4 aromatic carbocycles. The Kier molecular flexibility index (Phi) is 4.65. The molecule has 1 aliphatic rings. The third-order valence-corrected chi connectivity index (χ3v) is 5.05. The van der Waals surface area contributed by atoms with Gasteiger partial charge in [-0.05, 0) is 34.4 Å². The number of hydrogen-bond donors (Lipinski definition) is 0. The molecule has 4 aromatic rings. The molecule has 1 heterocycles. The van der Waals surface area contributed by atoms with Crippen LogP contribution in [0, 0.1) is 0 Å². The molecule has 0 saturated heterocycles. The molecule has 0 bridgehead atoms. The summed E-state index contributed by atoms with van der Waals surface area (Å²) >= 11 is 0. The fraction of sp³-hybridized carbons (Fsp3) is 0.0385. The number of nitrogens with zero attached hydrogens (tertiary/aromatic N) is 2. The Labute approximate surface area is 170 Å². The highest BCUT2D eigenvalue weighted by molar-refractivity contribution is 5.79. The number of aliphatic imine (C=N–C) groups is 1. The van der Waals surface area contributed by atoms with Gasteiger partial charge in [-0.1, -0.05) is 97.1 Å². The van der Waals surface area contributed by atoms with E-state index in [1.807, 2.05) is 24.3 Å². The Morgan fingerprint density at radius 3 is 1.59 bits per heavy atom. The average Bonchev–Trinajstić information content (AvgIpc) is 3.31. The van der Waals surface area contributed by atoms with Gasteiger partial charge in [-0.3, -0.25) is 0 Å². The zero-order valence-electron chi connectivity index (χ0n) is 15.8. The largest absolute Gasteiger partial charge is 0.236 e. The van der Waals surface area contributed by atoms with Crippen LogP contribution in [0.15, 0.2) is 114 Å². The molecule has 3 heteroatoms. The van der Waals surface area contributed by atoms with Crippen molar-refractivity contribution in [3.8, 4) is 22.3 Å². The van der Waals surface area contributed by atoms with E-state index in [0.29, 0.717) is 0 Å². The van der Waals surface area contributed by atoms with E-state index >= 15 is 0 Å². The molecule has 1 atom stereocenters. The smallest absolute Gasteiger partial charge is 0.202 e. The molecular formula is C26H20N2O. The molecule has 0 amide bonds. The van der Waals surface area contributed by atoms with Crippen molar-refractivity contribution in [1.82, 2.24) is 0 Å². The van der Waals surface area contributed by atoms with Crippen molar-refractivity contribution in [2.75, 3.05) is 5.06 Å². The van der Waals surface area contributed by atoms with Gasteiger partial charge in [0.2, 0.25) is 6.23 Å². The lowest BCUT2D eigenvalue weighted by atomic mass is 10.0. The lowest BCUT2D eigenvalue weighted by Crippen LogP contribution is -2.16. The molecule has 1 unspecified atom stereocenters. The minimum absolute atomic E-state index is 0.325. The Hall–Kier alpha value is -3.69. The summed E-state index contributed by atoms with van der Waals surface area (Å²) in [5.74, 6) is 0. The molecule has 0 aromatic heterocycles. The number of hydroxylamine groups is 1. The van der Waals surface area contributed by atoms with Gasteiger partial charge in [0.25, 0.3) is 0 Å². The minimum Gasteiger partial charge on any atom is -0.236 e.